The zero-order valence-electron chi connectivity index (χ0n) is 6.21. The van der Waals surface area contributed by atoms with Gasteiger partial charge in [0.2, 0.25) is 0 Å². The standard InChI is InChI=1S/C7H10F4/c1-5-6(8,9)3-2-4-7(5,10)11/h5H,2-4H2,1H3. The second-order valence-electron chi connectivity index (χ2n) is 3.10. The Balaban J connectivity index is 2.76. The van der Waals surface area contributed by atoms with E-state index in [1.807, 2.05) is 0 Å². The van der Waals surface area contributed by atoms with Gasteiger partial charge in [0.1, 0.15) is 0 Å². The largest absolute Gasteiger partial charge is 0.256 e. The van der Waals surface area contributed by atoms with E-state index in [-0.39, 0.29) is 6.42 Å². The van der Waals surface area contributed by atoms with Crippen LogP contribution in [0.15, 0.2) is 0 Å². The second kappa shape index (κ2) is 2.35. The van der Waals surface area contributed by atoms with Crippen LogP contribution in [0, 0.1) is 5.92 Å². The van der Waals surface area contributed by atoms with E-state index in [1.165, 1.54) is 0 Å². The molecule has 1 aliphatic carbocycles. The summed E-state index contributed by atoms with van der Waals surface area (Å²) < 4.78 is 50.5. The molecule has 0 spiro atoms. The van der Waals surface area contributed by atoms with Gasteiger partial charge >= 0.3 is 0 Å². The van der Waals surface area contributed by atoms with Crippen molar-refractivity contribution in [1.82, 2.24) is 0 Å². The highest BCUT2D eigenvalue weighted by atomic mass is 19.3. The molecule has 0 N–H and O–H groups in total. The molecule has 4 heteroatoms. The first-order chi connectivity index (χ1) is 4.86. The predicted octanol–water partition coefficient (Wildman–Crippen LogP) is 3.08. The topological polar surface area (TPSA) is 0 Å². The third-order valence-corrected chi connectivity index (χ3v) is 2.29. The summed E-state index contributed by atoms with van der Waals surface area (Å²) in [6, 6.07) is 0. The van der Waals surface area contributed by atoms with Crippen molar-refractivity contribution < 1.29 is 17.6 Å². The van der Waals surface area contributed by atoms with Crippen LogP contribution in [0.1, 0.15) is 26.2 Å². The number of hydrogen-bond donors (Lipinski definition) is 0. The van der Waals surface area contributed by atoms with Gasteiger partial charge in [-0.2, -0.15) is 0 Å². The molecule has 0 aromatic rings. The van der Waals surface area contributed by atoms with Gasteiger partial charge in [-0.15, -0.1) is 0 Å². The van der Waals surface area contributed by atoms with E-state index in [9.17, 15) is 17.6 Å². The van der Waals surface area contributed by atoms with Gasteiger partial charge in [-0.3, -0.25) is 0 Å². The molecule has 0 aromatic carbocycles. The first-order valence-corrected chi connectivity index (χ1v) is 3.62. The van der Waals surface area contributed by atoms with Crippen molar-refractivity contribution in [2.24, 2.45) is 5.92 Å². The van der Waals surface area contributed by atoms with Gasteiger partial charge in [0.25, 0.3) is 11.8 Å². The summed E-state index contributed by atoms with van der Waals surface area (Å²) >= 11 is 0. The molecular formula is C7H10F4. The van der Waals surface area contributed by atoms with Gasteiger partial charge in [-0.1, -0.05) is 6.92 Å². The van der Waals surface area contributed by atoms with Crippen LogP contribution in [-0.2, 0) is 0 Å². The van der Waals surface area contributed by atoms with Crippen molar-refractivity contribution >= 4 is 0 Å². The maximum Gasteiger partial charge on any atom is 0.256 e. The third kappa shape index (κ3) is 1.49. The maximum absolute atomic E-state index is 12.6. The minimum atomic E-state index is -3.18. The summed E-state index contributed by atoms with van der Waals surface area (Å²) in [6.07, 6.45) is -0.877. The SMILES string of the molecule is CC1C(F)(F)CCCC1(F)F. The van der Waals surface area contributed by atoms with Gasteiger partial charge in [0.15, 0.2) is 0 Å². The highest BCUT2D eigenvalue weighted by molar-refractivity contribution is 4.89. The van der Waals surface area contributed by atoms with Gasteiger partial charge in [-0.05, 0) is 6.42 Å². The Bertz CT molecular complexity index is 137. The summed E-state index contributed by atoms with van der Waals surface area (Å²) in [7, 11) is 0. The summed E-state index contributed by atoms with van der Waals surface area (Å²) in [5.41, 5.74) is 0. The zero-order valence-corrected chi connectivity index (χ0v) is 6.21. The summed E-state index contributed by atoms with van der Waals surface area (Å²) in [5, 5.41) is 0. The fourth-order valence-corrected chi connectivity index (χ4v) is 1.30. The molecular weight excluding hydrogens is 160 g/mol. The Kier molecular flexibility index (Phi) is 1.89. The number of rotatable bonds is 0. The lowest BCUT2D eigenvalue weighted by atomic mass is 9.84. The smallest absolute Gasteiger partial charge is 0.206 e. The predicted molar refractivity (Wildman–Crippen MR) is 32.9 cm³/mol. The number of hydrogen-bond acceptors (Lipinski definition) is 0. The lowest BCUT2D eigenvalue weighted by Gasteiger charge is -2.35. The van der Waals surface area contributed by atoms with E-state index in [4.69, 9.17) is 0 Å². The number of halogens is 4. The lowest BCUT2D eigenvalue weighted by Crippen LogP contribution is -2.43. The fraction of sp³-hybridized carbons (Fsp3) is 1.00. The van der Waals surface area contributed by atoms with Crippen molar-refractivity contribution in [3.8, 4) is 0 Å². The molecule has 11 heavy (non-hydrogen) atoms. The maximum atomic E-state index is 12.6. The monoisotopic (exact) mass is 170 g/mol. The molecule has 1 fully saturated rings. The quantitative estimate of drug-likeness (QED) is 0.490. The van der Waals surface area contributed by atoms with Crippen LogP contribution in [0.2, 0.25) is 0 Å². The molecule has 0 radical (unpaired) electrons. The Morgan fingerprint density at radius 2 is 1.36 bits per heavy atom. The van der Waals surface area contributed by atoms with Gasteiger partial charge < -0.3 is 0 Å². The average Bonchev–Trinajstić information content (AvgIpc) is 1.82. The summed E-state index contributed by atoms with van der Waals surface area (Å²) in [5.74, 6) is -8.16. The van der Waals surface area contributed by atoms with E-state index in [0.717, 1.165) is 6.92 Å². The van der Waals surface area contributed by atoms with E-state index in [1.54, 1.807) is 0 Å². The molecule has 0 aliphatic heterocycles. The lowest BCUT2D eigenvalue weighted by molar-refractivity contribution is -0.195. The number of alkyl halides is 4. The van der Waals surface area contributed by atoms with Crippen LogP contribution < -0.4 is 0 Å². The van der Waals surface area contributed by atoms with Gasteiger partial charge in [-0.25, -0.2) is 17.6 Å². The minimum absolute atomic E-state index is 0.0790. The molecule has 0 aromatic heterocycles. The highest BCUT2D eigenvalue weighted by Gasteiger charge is 2.54. The minimum Gasteiger partial charge on any atom is -0.206 e. The van der Waals surface area contributed by atoms with Crippen molar-refractivity contribution in [3.63, 3.8) is 0 Å². The van der Waals surface area contributed by atoms with Crippen LogP contribution in [0.25, 0.3) is 0 Å². The zero-order chi connectivity index (χ0) is 8.70. The molecule has 1 saturated carbocycles. The van der Waals surface area contributed by atoms with Crippen LogP contribution >= 0.6 is 0 Å². The van der Waals surface area contributed by atoms with Crippen molar-refractivity contribution in [2.75, 3.05) is 0 Å². The molecule has 1 rings (SSSR count). The molecule has 0 heterocycles. The van der Waals surface area contributed by atoms with E-state index in [0.29, 0.717) is 0 Å². The molecule has 66 valence electrons. The van der Waals surface area contributed by atoms with Crippen molar-refractivity contribution in [1.29, 1.82) is 0 Å². The Morgan fingerprint density at radius 3 is 1.64 bits per heavy atom. The van der Waals surface area contributed by atoms with Crippen LogP contribution in [0.3, 0.4) is 0 Å². The molecule has 0 atom stereocenters. The van der Waals surface area contributed by atoms with Gasteiger partial charge in [0.05, 0.1) is 5.92 Å². The Hall–Kier alpha value is -0.280. The Labute approximate surface area is 62.6 Å². The molecule has 0 bridgehead atoms. The van der Waals surface area contributed by atoms with Crippen molar-refractivity contribution in [3.05, 3.63) is 0 Å². The van der Waals surface area contributed by atoms with E-state index < -0.39 is 30.6 Å². The summed E-state index contributed by atoms with van der Waals surface area (Å²) in [6.45, 7) is 0.916. The normalized spacial score (nSPS) is 30.3. The van der Waals surface area contributed by atoms with E-state index >= 15 is 0 Å². The fourth-order valence-electron chi connectivity index (χ4n) is 1.30. The molecule has 0 nitrogen and oxygen atoms in total. The second-order valence-corrected chi connectivity index (χ2v) is 3.10. The van der Waals surface area contributed by atoms with Crippen LogP contribution in [0.4, 0.5) is 17.6 Å². The molecule has 1 aliphatic rings. The van der Waals surface area contributed by atoms with E-state index in [2.05, 4.69) is 0 Å². The first kappa shape index (κ1) is 8.81. The third-order valence-electron chi connectivity index (χ3n) is 2.29. The van der Waals surface area contributed by atoms with Crippen molar-refractivity contribution in [2.45, 2.75) is 38.0 Å². The average molecular weight is 170 g/mol. The molecule has 0 unspecified atom stereocenters. The Morgan fingerprint density at radius 1 is 1.00 bits per heavy atom. The van der Waals surface area contributed by atoms with Gasteiger partial charge in [0, 0.05) is 12.8 Å². The first-order valence-electron chi connectivity index (χ1n) is 3.62. The van der Waals surface area contributed by atoms with Crippen LogP contribution in [-0.4, -0.2) is 11.8 Å². The molecule has 0 saturated heterocycles. The highest BCUT2D eigenvalue weighted by Crippen LogP contribution is 2.46. The van der Waals surface area contributed by atoms with Crippen LogP contribution in [0.5, 0.6) is 0 Å². The molecule has 0 amide bonds. The summed E-state index contributed by atoms with van der Waals surface area (Å²) in [4.78, 5) is 0.